The molecular weight excluding hydrogens is 440 g/mol. The van der Waals surface area contributed by atoms with Crippen LogP contribution in [0.15, 0.2) is 0 Å². The molecule has 2 unspecified atom stereocenters. The Morgan fingerprint density at radius 2 is 1.82 bits per heavy atom. The quantitative estimate of drug-likeness (QED) is 0.439. The molecule has 33 heavy (non-hydrogen) atoms. The normalized spacial score (nSPS) is 24.5. The van der Waals surface area contributed by atoms with Gasteiger partial charge in [-0.3, -0.25) is 9.59 Å². The van der Waals surface area contributed by atoms with Crippen molar-refractivity contribution >= 4 is 29.7 Å². The topological polar surface area (TPSA) is 114 Å². The van der Waals surface area contributed by atoms with Gasteiger partial charge in [-0.05, 0) is 84.3 Å². The summed E-state index contributed by atoms with van der Waals surface area (Å²) in [6.45, 7) is 10.7. The first-order valence-corrected chi connectivity index (χ1v) is 13.5. The third-order valence-corrected chi connectivity index (χ3v) is 8.11. The standard InChI is InChI=1S/C24H44N4O4S/c1-6-14-33-24(4,5)20(27-23(31)32-16(2)3)22(30)28-13-7-8-19(28)21(29)26-15-17-9-11-18(25)12-10-17/h16-20H,6-15,25H2,1-5H3,(H,26,29)(H,27,31). The van der Waals surface area contributed by atoms with Gasteiger partial charge in [0.05, 0.1) is 6.10 Å². The maximum atomic E-state index is 13.7. The van der Waals surface area contributed by atoms with Crippen LogP contribution in [0.4, 0.5) is 4.79 Å². The molecule has 9 heteroatoms. The van der Waals surface area contributed by atoms with E-state index < -0.39 is 22.9 Å². The van der Waals surface area contributed by atoms with Gasteiger partial charge in [-0.2, -0.15) is 11.8 Å². The van der Waals surface area contributed by atoms with Crippen LogP contribution in [0.25, 0.3) is 0 Å². The molecule has 0 radical (unpaired) electrons. The van der Waals surface area contributed by atoms with Crippen LogP contribution in [0.3, 0.4) is 0 Å². The molecule has 190 valence electrons. The number of hydrogen-bond donors (Lipinski definition) is 3. The van der Waals surface area contributed by atoms with E-state index in [0.29, 0.717) is 25.4 Å². The predicted octanol–water partition coefficient (Wildman–Crippen LogP) is 3.04. The van der Waals surface area contributed by atoms with Crippen LogP contribution < -0.4 is 16.4 Å². The van der Waals surface area contributed by atoms with Gasteiger partial charge in [0.2, 0.25) is 11.8 Å². The molecule has 1 aliphatic carbocycles. The van der Waals surface area contributed by atoms with Crippen molar-refractivity contribution < 1.29 is 19.1 Å². The smallest absolute Gasteiger partial charge is 0.408 e. The monoisotopic (exact) mass is 484 g/mol. The van der Waals surface area contributed by atoms with Gasteiger partial charge in [-0.25, -0.2) is 4.79 Å². The van der Waals surface area contributed by atoms with Crippen LogP contribution in [0, 0.1) is 5.92 Å². The molecule has 3 amide bonds. The summed E-state index contributed by atoms with van der Waals surface area (Å²) < 4.78 is 4.71. The summed E-state index contributed by atoms with van der Waals surface area (Å²) in [6, 6.07) is -1.00. The molecule has 0 spiro atoms. The average molecular weight is 485 g/mol. The van der Waals surface area contributed by atoms with E-state index in [0.717, 1.165) is 44.3 Å². The highest BCUT2D eigenvalue weighted by atomic mass is 32.2. The zero-order valence-electron chi connectivity index (χ0n) is 21.0. The van der Waals surface area contributed by atoms with Gasteiger partial charge in [0, 0.05) is 23.9 Å². The fourth-order valence-electron chi connectivity index (χ4n) is 4.57. The summed E-state index contributed by atoms with van der Waals surface area (Å²) >= 11 is 1.65. The van der Waals surface area contributed by atoms with Crippen molar-refractivity contribution in [1.82, 2.24) is 15.5 Å². The second kappa shape index (κ2) is 12.8. The molecule has 0 aromatic carbocycles. The van der Waals surface area contributed by atoms with Crippen LogP contribution in [0.5, 0.6) is 0 Å². The van der Waals surface area contributed by atoms with Crippen molar-refractivity contribution in [2.45, 2.75) is 109 Å². The Morgan fingerprint density at radius 1 is 1.15 bits per heavy atom. The summed E-state index contributed by atoms with van der Waals surface area (Å²) in [5.74, 6) is 1.000. The van der Waals surface area contributed by atoms with E-state index in [2.05, 4.69) is 17.6 Å². The maximum absolute atomic E-state index is 13.7. The lowest BCUT2D eigenvalue weighted by Crippen LogP contribution is -2.60. The summed E-state index contributed by atoms with van der Waals surface area (Å²) in [5, 5.41) is 5.89. The molecule has 2 rings (SSSR count). The number of carbonyl (C=O) groups excluding carboxylic acids is 3. The maximum Gasteiger partial charge on any atom is 0.408 e. The van der Waals surface area contributed by atoms with Crippen molar-refractivity contribution in [1.29, 1.82) is 0 Å². The largest absolute Gasteiger partial charge is 0.447 e. The highest BCUT2D eigenvalue weighted by Crippen LogP contribution is 2.32. The van der Waals surface area contributed by atoms with E-state index in [1.165, 1.54) is 0 Å². The Morgan fingerprint density at radius 3 is 2.42 bits per heavy atom. The molecule has 2 fully saturated rings. The highest BCUT2D eigenvalue weighted by molar-refractivity contribution is 8.00. The Hall–Kier alpha value is -1.48. The first-order chi connectivity index (χ1) is 15.5. The van der Waals surface area contributed by atoms with Crippen molar-refractivity contribution in [3.8, 4) is 0 Å². The lowest BCUT2D eigenvalue weighted by Gasteiger charge is -2.37. The number of nitrogens with zero attached hydrogens (tertiary/aromatic N) is 1. The van der Waals surface area contributed by atoms with E-state index in [4.69, 9.17) is 10.5 Å². The number of carbonyl (C=O) groups is 3. The summed E-state index contributed by atoms with van der Waals surface area (Å²) in [7, 11) is 0. The summed E-state index contributed by atoms with van der Waals surface area (Å²) in [4.78, 5) is 40.8. The zero-order valence-corrected chi connectivity index (χ0v) is 21.8. The predicted molar refractivity (Wildman–Crippen MR) is 133 cm³/mol. The van der Waals surface area contributed by atoms with Gasteiger partial charge < -0.3 is 26.0 Å². The van der Waals surface area contributed by atoms with Crippen LogP contribution in [-0.2, 0) is 14.3 Å². The Labute approximate surface area is 203 Å². The Bertz CT molecular complexity index is 665. The van der Waals surface area contributed by atoms with Gasteiger partial charge in [-0.15, -0.1) is 0 Å². The molecule has 1 saturated carbocycles. The SMILES string of the molecule is CCCSC(C)(C)C(NC(=O)OC(C)C)C(=O)N1CCCC1C(=O)NCC1CCC(N)CC1. The minimum Gasteiger partial charge on any atom is -0.447 e. The van der Waals surface area contributed by atoms with Gasteiger partial charge >= 0.3 is 6.09 Å². The van der Waals surface area contributed by atoms with Crippen LogP contribution in [0.2, 0.25) is 0 Å². The average Bonchev–Trinajstić information content (AvgIpc) is 3.24. The molecule has 2 aliphatic rings. The number of likely N-dealkylation sites (tertiary alicyclic amines) is 1. The first kappa shape index (κ1) is 27.8. The van der Waals surface area contributed by atoms with E-state index in [1.54, 1.807) is 30.5 Å². The number of nitrogens with two attached hydrogens (primary N) is 1. The van der Waals surface area contributed by atoms with E-state index in [-0.39, 0.29) is 24.0 Å². The van der Waals surface area contributed by atoms with Gasteiger partial charge in [0.15, 0.2) is 0 Å². The van der Waals surface area contributed by atoms with Crippen molar-refractivity contribution in [3.63, 3.8) is 0 Å². The fraction of sp³-hybridized carbons (Fsp3) is 0.875. The number of rotatable bonds is 10. The van der Waals surface area contributed by atoms with Crippen molar-refractivity contribution in [2.75, 3.05) is 18.8 Å². The van der Waals surface area contributed by atoms with E-state index in [1.807, 2.05) is 13.8 Å². The number of amides is 3. The molecule has 4 N–H and O–H groups in total. The highest BCUT2D eigenvalue weighted by Gasteiger charge is 2.44. The van der Waals surface area contributed by atoms with Crippen LogP contribution in [-0.4, -0.2) is 70.6 Å². The molecular formula is C24H44N4O4S. The number of nitrogens with one attached hydrogen (secondary N) is 2. The fourth-order valence-corrected chi connectivity index (χ4v) is 5.63. The first-order valence-electron chi connectivity index (χ1n) is 12.5. The zero-order chi connectivity index (χ0) is 24.6. The van der Waals surface area contributed by atoms with Crippen LogP contribution in [0.1, 0.15) is 79.6 Å². The number of hydrogen-bond acceptors (Lipinski definition) is 6. The number of thioether (sulfide) groups is 1. The van der Waals surface area contributed by atoms with E-state index >= 15 is 0 Å². The molecule has 0 aromatic rings. The molecule has 0 bridgehead atoms. The summed E-state index contributed by atoms with van der Waals surface area (Å²) in [5.41, 5.74) is 5.99. The number of ether oxygens (including phenoxy) is 1. The second-order valence-electron chi connectivity index (χ2n) is 10.2. The third kappa shape index (κ3) is 8.35. The van der Waals surface area contributed by atoms with Gasteiger partial charge in [0.1, 0.15) is 12.1 Å². The Balaban J connectivity index is 2.07. The minimum absolute atomic E-state index is 0.0988. The summed E-state index contributed by atoms with van der Waals surface area (Å²) in [6.07, 6.45) is 5.54. The van der Waals surface area contributed by atoms with Crippen LogP contribution >= 0.6 is 11.8 Å². The van der Waals surface area contributed by atoms with Gasteiger partial charge in [0.25, 0.3) is 0 Å². The van der Waals surface area contributed by atoms with Gasteiger partial charge in [-0.1, -0.05) is 6.92 Å². The van der Waals surface area contributed by atoms with Crippen molar-refractivity contribution in [2.24, 2.45) is 11.7 Å². The third-order valence-electron chi connectivity index (χ3n) is 6.52. The minimum atomic E-state index is -0.784. The molecule has 8 nitrogen and oxygen atoms in total. The molecule has 1 heterocycles. The number of alkyl carbamates (subject to hydrolysis) is 1. The molecule has 2 atom stereocenters. The van der Waals surface area contributed by atoms with Crippen molar-refractivity contribution in [3.05, 3.63) is 0 Å². The second-order valence-corrected chi connectivity index (χ2v) is 11.9. The Kier molecular flexibility index (Phi) is 10.8. The molecule has 0 aromatic heterocycles. The lowest BCUT2D eigenvalue weighted by molar-refractivity contribution is -0.140. The lowest BCUT2D eigenvalue weighted by atomic mass is 9.86. The molecule has 1 saturated heterocycles. The molecule has 1 aliphatic heterocycles. The van der Waals surface area contributed by atoms with E-state index in [9.17, 15) is 14.4 Å².